The molecule has 168 valence electrons. The van der Waals surface area contributed by atoms with Crippen LogP contribution in [0.4, 0.5) is 5.69 Å². The van der Waals surface area contributed by atoms with Gasteiger partial charge in [-0.2, -0.15) is 0 Å². The number of nitrogens with one attached hydrogen (secondary N) is 2. The van der Waals surface area contributed by atoms with E-state index in [1.807, 2.05) is 25.1 Å². The van der Waals surface area contributed by atoms with Crippen LogP contribution in [-0.2, 0) is 4.79 Å². The molecule has 33 heavy (non-hydrogen) atoms. The van der Waals surface area contributed by atoms with Crippen molar-refractivity contribution in [3.05, 3.63) is 68.6 Å². The van der Waals surface area contributed by atoms with Gasteiger partial charge in [-0.25, -0.2) is 4.98 Å². The molecule has 1 saturated heterocycles. The second-order valence-electron chi connectivity index (χ2n) is 8.22. The normalized spacial score (nSPS) is 19.5. The highest BCUT2D eigenvalue weighted by molar-refractivity contribution is 7.13. The Morgan fingerprint density at radius 3 is 2.58 bits per heavy atom. The van der Waals surface area contributed by atoms with Crippen LogP contribution in [0.15, 0.2) is 42.5 Å². The first-order valence-corrected chi connectivity index (χ1v) is 11.8. The third-order valence-corrected chi connectivity index (χ3v) is 7.36. The number of thiazole rings is 1. The lowest BCUT2D eigenvalue weighted by atomic mass is 10.0. The summed E-state index contributed by atoms with van der Waals surface area (Å²) >= 11 is 7.31. The van der Waals surface area contributed by atoms with Gasteiger partial charge in [0.05, 0.1) is 28.0 Å². The lowest BCUT2D eigenvalue weighted by Gasteiger charge is -2.24. The van der Waals surface area contributed by atoms with Crippen LogP contribution in [0.2, 0.25) is 5.02 Å². The predicted molar refractivity (Wildman–Crippen MR) is 128 cm³/mol. The molecule has 0 bridgehead atoms. The molecular weight excluding hydrogens is 460 g/mol. The fraction of sp³-hybridized carbons (Fsp3) is 0.250. The Kier molecular flexibility index (Phi) is 5.42. The van der Waals surface area contributed by atoms with Crippen molar-refractivity contribution in [3.8, 4) is 11.1 Å². The maximum Gasteiger partial charge on any atom is 0.263 e. The van der Waals surface area contributed by atoms with Crippen molar-refractivity contribution >= 4 is 46.3 Å². The smallest absolute Gasteiger partial charge is 0.263 e. The molecule has 0 saturated carbocycles. The third-order valence-electron chi connectivity index (χ3n) is 6.04. The molecule has 1 aromatic heterocycles. The number of aromatic nitrogens is 1. The number of hydrogen-bond donors (Lipinski definition) is 2. The van der Waals surface area contributed by atoms with Crippen molar-refractivity contribution in [1.82, 2.24) is 15.2 Å². The number of anilines is 1. The van der Waals surface area contributed by atoms with Gasteiger partial charge in [-0.1, -0.05) is 29.8 Å². The molecule has 0 spiro atoms. The number of benzene rings is 2. The summed E-state index contributed by atoms with van der Waals surface area (Å²) in [5.41, 5.74) is 3.33. The molecule has 7 nitrogen and oxygen atoms in total. The molecule has 0 unspecified atom stereocenters. The largest absolute Gasteiger partial charge is 0.346 e. The van der Waals surface area contributed by atoms with Crippen molar-refractivity contribution in [2.24, 2.45) is 0 Å². The SMILES string of the molecule is Cc1nc(C)c(C(=O)N[C@H]2CCN3C(=O)c4cc(-c5ccc(Cl)cc5)ccc4NC(=O)[C@H]23)s1. The van der Waals surface area contributed by atoms with Gasteiger partial charge in [0.15, 0.2) is 0 Å². The van der Waals surface area contributed by atoms with Crippen LogP contribution >= 0.6 is 22.9 Å². The molecule has 2 aromatic carbocycles. The van der Waals surface area contributed by atoms with Crippen molar-refractivity contribution in [2.75, 3.05) is 11.9 Å². The van der Waals surface area contributed by atoms with Crippen LogP contribution in [0.5, 0.6) is 0 Å². The van der Waals surface area contributed by atoms with Crippen LogP contribution in [0, 0.1) is 13.8 Å². The highest BCUT2D eigenvalue weighted by atomic mass is 35.5. The molecule has 2 aliphatic heterocycles. The molecule has 5 rings (SSSR count). The monoisotopic (exact) mass is 480 g/mol. The molecule has 0 aliphatic carbocycles. The number of halogens is 1. The number of carbonyl (C=O) groups excluding carboxylic acids is 3. The van der Waals surface area contributed by atoms with E-state index in [2.05, 4.69) is 15.6 Å². The minimum atomic E-state index is -0.776. The Hall–Kier alpha value is -3.23. The lowest BCUT2D eigenvalue weighted by molar-refractivity contribution is -0.120. The van der Waals surface area contributed by atoms with Crippen LogP contribution in [0.1, 0.15) is 37.2 Å². The molecule has 1 fully saturated rings. The van der Waals surface area contributed by atoms with E-state index < -0.39 is 12.1 Å². The molecule has 2 atom stereocenters. The summed E-state index contributed by atoms with van der Waals surface area (Å²) in [6, 6.07) is 11.5. The van der Waals surface area contributed by atoms with E-state index in [-0.39, 0.29) is 17.7 Å². The van der Waals surface area contributed by atoms with Gasteiger partial charge >= 0.3 is 0 Å². The molecule has 0 radical (unpaired) electrons. The zero-order valence-corrected chi connectivity index (χ0v) is 19.6. The summed E-state index contributed by atoms with van der Waals surface area (Å²) < 4.78 is 0. The summed E-state index contributed by atoms with van der Waals surface area (Å²) in [7, 11) is 0. The molecule has 2 aliphatic rings. The molecule has 9 heteroatoms. The van der Waals surface area contributed by atoms with Gasteiger partial charge in [0, 0.05) is 11.6 Å². The number of fused-ring (bicyclic) bond motifs is 2. The van der Waals surface area contributed by atoms with E-state index in [1.54, 1.807) is 36.1 Å². The summed E-state index contributed by atoms with van der Waals surface area (Å²) in [5, 5.41) is 7.29. The fourth-order valence-corrected chi connectivity index (χ4v) is 5.43. The van der Waals surface area contributed by atoms with Gasteiger partial charge in [-0.3, -0.25) is 14.4 Å². The minimum absolute atomic E-state index is 0.231. The van der Waals surface area contributed by atoms with Crippen LogP contribution in [-0.4, -0.2) is 46.2 Å². The van der Waals surface area contributed by atoms with E-state index in [0.29, 0.717) is 39.8 Å². The standard InChI is InChI=1S/C24H21ClN4O3S/c1-12-21(33-13(2)26-12)23(31)28-19-9-10-29-20(19)22(30)27-18-8-5-15(11-17(18)24(29)32)14-3-6-16(25)7-4-14/h3-8,11,19-20H,9-10H2,1-2H3,(H,27,30)(H,28,31)/t19-,20-/m0/s1. The Morgan fingerprint density at radius 2 is 1.88 bits per heavy atom. The summed E-state index contributed by atoms with van der Waals surface area (Å²) in [5.74, 6) is -0.802. The van der Waals surface area contributed by atoms with Gasteiger partial charge < -0.3 is 15.5 Å². The number of rotatable bonds is 3. The number of amides is 3. The average molecular weight is 481 g/mol. The Labute approximate surface area is 199 Å². The molecular formula is C24H21ClN4O3S. The minimum Gasteiger partial charge on any atom is -0.346 e. The van der Waals surface area contributed by atoms with Crippen molar-refractivity contribution in [1.29, 1.82) is 0 Å². The Balaban J connectivity index is 1.42. The summed E-state index contributed by atoms with van der Waals surface area (Å²) in [6.07, 6.45) is 0.499. The molecule has 2 N–H and O–H groups in total. The Morgan fingerprint density at radius 1 is 1.15 bits per heavy atom. The van der Waals surface area contributed by atoms with E-state index in [0.717, 1.165) is 16.1 Å². The van der Waals surface area contributed by atoms with E-state index in [9.17, 15) is 14.4 Å². The Bertz CT molecular complexity index is 1290. The highest BCUT2D eigenvalue weighted by Gasteiger charge is 2.45. The summed E-state index contributed by atoms with van der Waals surface area (Å²) in [6.45, 7) is 4.02. The maximum atomic E-state index is 13.5. The number of nitrogens with zero attached hydrogens (tertiary/aromatic N) is 2. The zero-order chi connectivity index (χ0) is 23.3. The molecule has 3 amide bonds. The van der Waals surface area contributed by atoms with E-state index >= 15 is 0 Å². The van der Waals surface area contributed by atoms with Crippen molar-refractivity contribution in [3.63, 3.8) is 0 Å². The average Bonchev–Trinajstić information content (AvgIpc) is 3.33. The van der Waals surface area contributed by atoms with Gasteiger partial charge in [0.25, 0.3) is 11.8 Å². The quantitative estimate of drug-likeness (QED) is 0.591. The number of aryl methyl sites for hydroxylation is 2. The summed E-state index contributed by atoms with van der Waals surface area (Å²) in [4.78, 5) is 45.8. The fourth-order valence-electron chi connectivity index (χ4n) is 4.48. The van der Waals surface area contributed by atoms with E-state index in [1.165, 1.54) is 11.3 Å². The second-order valence-corrected chi connectivity index (χ2v) is 9.86. The van der Waals surface area contributed by atoms with E-state index in [4.69, 9.17) is 11.6 Å². The number of carbonyl (C=O) groups is 3. The first kappa shape index (κ1) is 21.6. The third kappa shape index (κ3) is 3.89. The zero-order valence-electron chi connectivity index (χ0n) is 18.0. The van der Waals surface area contributed by atoms with Crippen LogP contribution in [0.3, 0.4) is 0 Å². The molecule has 3 aromatic rings. The first-order chi connectivity index (χ1) is 15.8. The maximum absolute atomic E-state index is 13.5. The van der Waals surface area contributed by atoms with Gasteiger partial charge in [0.2, 0.25) is 5.91 Å². The van der Waals surface area contributed by atoms with Crippen molar-refractivity contribution < 1.29 is 14.4 Å². The molecule has 3 heterocycles. The second kappa shape index (κ2) is 8.28. The van der Waals surface area contributed by atoms with Crippen molar-refractivity contribution in [2.45, 2.75) is 32.4 Å². The number of hydrogen-bond acceptors (Lipinski definition) is 5. The van der Waals surface area contributed by atoms with Gasteiger partial charge in [-0.15, -0.1) is 11.3 Å². The highest BCUT2D eigenvalue weighted by Crippen LogP contribution is 2.33. The van der Waals surface area contributed by atoms with Crippen LogP contribution < -0.4 is 10.6 Å². The first-order valence-electron chi connectivity index (χ1n) is 10.6. The van der Waals surface area contributed by atoms with Gasteiger partial charge in [0.1, 0.15) is 10.9 Å². The van der Waals surface area contributed by atoms with Gasteiger partial charge in [-0.05, 0) is 55.7 Å². The van der Waals surface area contributed by atoms with Crippen LogP contribution in [0.25, 0.3) is 11.1 Å². The topological polar surface area (TPSA) is 91.4 Å². The predicted octanol–water partition coefficient (Wildman–Crippen LogP) is 4.05. The lowest BCUT2D eigenvalue weighted by Crippen LogP contribution is -2.51.